The second kappa shape index (κ2) is 18.2. The summed E-state index contributed by atoms with van der Waals surface area (Å²) in [7, 11) is 0. The minimum Gasteiger partial charge on any atom is -0.309 e. The minimum absolute atomic E-state index is 0.0170. The number of hydrogen-bond donors (Lipinski definition) is 0. The molecule has 0 aliphatic carbocycles. The molecule has 378 valence electrons. The first kappa shape index (κ1) is 50.1. The second-order valence-corrected chi connectivity index (χ2v) is 17.1. The molecule has 0 bridgehead atoms. The van der Waals surface area contributed by atoms with E-state index in [4.69, 9.17) is 15.0 Å². The standard InChI is InChI=1S/C56H29F15N4/c57-52(58,59)35-18-21-37(44(28-35)55(66,67)68)32-16-23-46-41(25-32)42-26-33(38-22-19-36(53(60,61)62)29-45(38)56(69,70)71)17-24-47(42)75(46)48-27-34(15-20-40(48)39-13-7-8-14-43(39)54(63,64)65)51-73-49(30-9-3-1-4-10-30)72-50(74-51)31-11-5-2-6-12-31/h1-29H. The molecule has 0 amide bonds. The average molecular weight is 1040 g/mol. The van der Waals surface area contributed by atoms with Crippen molar-refractivity contribution >= 4 is 21.8 Å². The van der Waals surface area contributed by atoms with Crippen molar-refractivity contribution in [2.45, 2.75) is 30.9 Å². The van der Waals surface area contributed by atoms with Gasteiger partial charge in [0.05, 0.1) is 44.5 Å². The zero-order valence-electron chi connectivity index (χ0n) is 37.7. The molecule has 75 heavy (non-hydrogen) atoms. The SMILES string of the molecule is FC(F)(F)c1ccc(-c2ccc3c(c2)c2cc(-c4ccc(C(F)(F)F)cc4C(F)(F)F)ccc2n3-c2cc(-c3nc(-c4ccccc4)nc(-c4ccccc4)n3)ccc2-c2ccccc2C(F)(F)F)c(C(F)(F)F)c1. The zero-order chi connectivity index (χ0) is 53.4. The summed E-state index contributed by atoms with van der Waals surface area (Å²) in [5.74, 6) is 0.425. The number of aromatic nitrogens is 4. The van der Waals surface area contributed by atoms with E-state index in [2.05, 4.69) is 0 Å². The highest BCUT2D eigenvalue weighted by molar-refractivity contribution is 6.12. The summed E-state index contributed by atoms with van der Waals surface area (Å²) in [4.78, 5) is 14.2. The Kier molecular flexibility index (Phi) is 12.1. The van der Waals surface area contributed by atoms with E-state index in [9.17, 15) is 65.9 Å². The summed E-state index contributed by atoms with van der Waals surface area (Å²) in [5, 5.41) is -0.146. The molecule has 2 heterocycles. The van der Waals surface area contributed by atoms with Crippen LogP contribution in [0.15, 0.2) is 176 Å². The van der Waals surface area contributed by atoms with Crippen LogP contribution in [0, 0.1) is 0 Å². The fourth-order valence-corrected chi connectivity index (χ4v) is 9.02. The van der Waals surface area contributed by atoms with Crippen molar-refractivity contribution in [2.24, 2.45) is 0 Å². The van der Waals surface area contributed by atoms with Crippen molar-refractivity contribution in [3.8, 4) is 73.2 Å². The molecule has 10 aromatic rings. The maximum Gasteiger partial charge on any atom is 0.417 e. The van der Waals surface area contributed by atoms with Gasteiger partial charge in [-0.15, -0.1) is 0 Å². The molecule has 0 fully saturated rings. The molecule has 0 aliphatic rings. The third-order valence-electron chi connectivity index (χ3n) is 12.4. The predicted octanol–water partition coefficient (Wildman–Crippen LogP) is 18.1. The van der Waals surface area contributed by atoms with Crippen LogP contribution in [0.5, 0.6) is 0 Å². The minimum atomic E-state index is -5.36. The monoisotopic (exact) mass is 1040 g/mol. The molecule has 0 spiro atoms. The van der Waals surface area contributed by atoms with Gasteiger partial charge in [-0.25, -0.2) is 15.0 Å². The van der Waals surface area contributed by atoms with E-state index in [0.717, 1.165) is 36.4 Å². The molecule has 2 aromatic heterocycles. The van der Waals surface area contributed by atoms with Gasteiger partial charge in [0.2, 0.25) is 0 Å². The van der Waals surface area contributed by atoms with Gasteiger partial charge in [-0.1, -0.05) is 115 Å². The van der Waals surface area contributed by atoms with Gasteiger partial charge in [0.15, 0.2) is 17.5 Å². The van der Waals surface area contributed by atoms with Crippen molar-refractivity contribution in [3.63, 3.8) is 0 Å². The van der Waals surface area contributed by atoms with Crippen molar-refractivity contribution in [1.29, 1.82) is 0 Å². The molecular weight excluding hydrogens is 1010 g/mol. The number of rotatable bonds is 7. The van der Waals surface area contributed by atoms with Gasteiger partial charge in [0.25, 0.3) is 0 Å². The summed E-state index contributed by atoms with van der Waals surface area (Å²) in [6.45, 7) is 0. The van der Waals surface area contributed by atoms with Gasteiger partial charge >= 0.3 is 30.9 Å². The average Bonchev–Trinajstić information content (AvgIpc) is 3.70. The summed E-state index contributed by atoms with van der Waals surface area (Å²) in [5.41, 5.74) is -9.01. The van der Waals surface area contributed by atoms with Crippen molar-refractivity contribution in [3.05, 3.63) is 204 Å². The lowest BCUT2D eigenvalue weighted by Crippen LogP contribution is -2.12. The second-order valence-electron chi connectivity index (χ2n) is 17.1. The normalized spacial score (nSPS) is 12.7. The Morgan fingerprint density at radius 2 is 0.667 bits per heavy atom. The number of nitrogens with zero attached hydrogens (tertiary/aromatic N) is 4. The first-order chi connectivity index (χ1) is 35.3. The van der Waals surface area contributed by atoms with Gasteiger partial charge in [-0.3, -0.25) is 0 Å². The Hall–Kier alpha value is -8.48. The summed E-state index contributed by atoms with van der Waals surface area (Å²) in [6.07, 6.45) is -26.1. The van der Waals surface area contributed by atoms with Crippen LogP contribution >= 0.6 is 0 Å². The lowest BCUT2D eigenvalue weighted by Gasteiger charge is -2.19. The van der Waals surface area contributed by atoms with Crippen LogP contribution in [0.2, 0.25) is 0 Å². The van der Waals surface area contributed by atoms with Crippen LogP contribution in [0.25, 0.3) is 95.0 Å². The molecule has 8 aromatic carbocycles. The van der Waals surface area contributed by atoms with E-state index in [-0.39, 0.29) is 84.9 Å². The van der Waals surface area contributed by atoms with E-state index < -0.39 is 69.8 Å². The van der Waals surface area contributed by atoms with Crippen LogP contribution < -0.4 is 0 Å². The number of fused-ring (bicyclic) bond motifs is 3. The molecule has 0 atom stereocenters. The Balaban J connectivity index is 1.30. The fraction of sp³-hybridized carbons (Fsp3) is 0.0893. The third kappa shape index (κ3) is 9.65. The highest BCUT2D eigenvalue weighted by Gasteiger charge is 2.41. The molecule has 19 heteroatoms. The van der Waals surface area contributed by atoms with E-state index in [1.165, 1.54) is 47.0 Å². The van der Waals surface area contributed by atoms with Crippen LogP contribution in [0.1, 0.15) is 27.8 Å². The van der Waals surface area contributed by atoms with Crippen LogP contribution in [0.3, 0.4) is 0 Å². The van der Waals surface area contributed by atoms with Gasteiger partial charge in [-0.2, -0.15) is 65.9 Å². The van der Waals surface area contributed by atoms with Gasteiger partial charge in [0, 0.05) is 33.0 Å². The quantitative estimate of drug-likeness (QED) is 0.149. The molecule has 0 saturated heterocycles. The van der Waals surface area contributed by atoms with Gasteiger partial charge in [-0.05, 0) is 88.5 Å². The first-order valence-corrected chi connectivity index (χ1v) is 22.2. The van der Waals surface area contributed by atoms with E-state index in [1.54, 1.807) is 60.7 Å². The Labute approximate surface area is 414 Å². The maximum atomic E-state index is 15.0. The first-order valence-electron chi connectivity index (χ1n) is 22.2. The summed E-state index contributed by atoms with van der Waals surface area (Å²) >= 11 is 0. The molecular formula is C56H29F15N4. The Bertz CT molecular complexity index is 3630. The number of halogens is 15. The molecule has 0 radical (unpaired) electrons. The Morgan fingerprint density at radius 1 is 0.280 bits per heavy atom. The fourth-order valence-electron chi connectivity index (χ4n) is 9.02. The smallest absolute Gasteiger partial charge is 0.309 e. The van der Waals surface area contributed by atoms with Crippen LogP contribution in [-0.4, -0.2) is 19.5 Å². The van der Waals surface area contributed by atoms with Crippen LogP contribution in [-0.2, 0) is 30.9 Å². The maximum absolute atomic E-state index is 15.0. The third-order valence-corrected chi connectivity index (χ3v) is 12.4. The highest BCUT2D eigenvalue weighted by Crippen LogP contribution is 2.48. The highest BCUT2D eigenvalue weighted by atomic mass is 19.4. The molecule has 0 saturated carbocycles. The molecule has 0 aliphatic heterocycles. The summed E-state index contributed by atoms with van der Waals surface area (Å²) in [6, 6.07) is 35.2. The molecule has 10 rings (SSSR count). The zero-order valence-corrected chi connectivity index (χ0v) is 37.7. The van der Waals surface area contributed by atoms with E-state index in [0.29, 0.717) is 35.4 Å². The Morgan fingerprint density at radius 3 is 1.09 bits per heavy atom. The number of alkyl halides is 15. The van der Waals surface area contributed by atoms with Crippen molar-refractivity contribution < 1.29 is 65.9 Å². The van der Waals surface area contributed by atoms with Crippen LogP contribution in [0.4, 0.5) is 65.9 Å². The van der Waals surface area contributed by atoms with Crippen molar-refractivity contribution in [2.75, 3.05) is 0 Å². The molecule has 0 N–H and O–H groups in total. The molecule has 4 nitrogen and oxygen atoms in total. The summed E-state index contributed by atoms with van der Waals surface area (Å²) < 4.78 is 217. The lowest BCUT2D eigenvalue weighted by atomic mass is 9.94. The predicted molar refractivity (Wildman–Crippen MR) is 252 cm³/mol. The van der Waals surface area contributed by atoms with E-state index in [1.807, 2.05) is 0 Å². The van der Waals surface area contributed by atoms with Crippen molar-refractivity contribution in [1.82, 2.24) is 19.5 Å². The topological polar surface area (TPSA) is 43.6 Å². The largest absolute Gasteiger partial charge is 0.417 e. The molecule has 0 unspecified atom stereocenters. The van der Waals surface area contributed by atoms with Gasteiger partial charge < -0.3 is 4.57 Å². The van der Waals surface area contributed by atoms with E-state index >= 15 is 0 Å². The van der Waals surface area contributed by atoms with Gasteiger partial charge in [0.1, 0.15) is 0 Å². The lowest BCUT2D eigenvalue weighted by molar-refractivity contribution is -0.144. The number of hydrogen-bond acceptors (Lipinski definition) is 3. The number of benzene rings is 8.